The minimum Gasteiger partial charge on any atom is -0.493 e. The Kier molecular flexibility index (Phi) is 7.96. The minimum absolute atomic E-state index is 0.415. The van der Waals surface area contributed by atoms with E-state index >= 15 is 0 Å². The van der Waals surface area contributed by atoms with Gasteiger partial charge in [-0.05, 0) is 36.5 Å². The predicted molar refractivity (Wildman–Crippen MR) is 124 cm³/mol. The summed E-state index contributed by atoms with van der Waals surface area (Å²) < 4.78 is 12.6. The summed E-state index contributed by atoms with van der Waals surface area (Å²) in [5, 5.41) is 4.72. The fraction of sp³-hybridized carbons (Fsp3) is 0.435. The fourth-order valence-corrected chi connectivity index (χ4v) is 3.39. The lowest BCUT2D eigenvalue weighted by atomic mass is 10.2. The molecule has 0 aliphatic rings. The van der Waals surface area contributed by atoms with E-state index in [4.69, 9.17) is 36.9 Å². The van der Waals surface area contributed by atoms with E-state index in [1.54, 1.807) is 18.9 Å². The molecule has 1 aromatic carbocycles. The number of halogens is 1. The normalized spacial score (nSPS) is 10.7. The van der Waals surface area contributed by atoms with Crippen molar-refractivity contribution in [2.45, 2.75) is 45.6 Å². The van der Waals surface area contributed by atoms with Crippen molar-refractivity contribution < 1.29 is 9.47 Å². The molecule has 2 heterocycles. The second-order valence-corrected chi connectivity index (χ2v) is 7.49. The van der Waals surface area contributed by atoms with Crippen molar-refractivity contribution in [1.82, 2.24) is 19.7 Å². The van der Waals surface area contributed by atoms with Gasteiger partial charge in [-0.1, -0.05) is 25.3 Å². The lowest BCUT2D eigenvalue weighted by Gasteiger charge is -2.10. The Morgan fingerprint density at radius 3 is 2.65 bits per heavy atom. The van der Waals surface area contributed by atoms with Crippen molar-refractivity contribution in [2.24, 2.45) is 0 Å². The number of ether oxygens (including phenoxy) is 2. The Morgan fingerprint density at radius 2 is 1.94 bits per heavy atom. The molecule has 31 heavy (non-hydrogen) atoms. The summed E-state index contributed by atoms with van der Waals surface area (Å²) in [4.78, 5) is 9.27. The molecular formula is C23H28ClN5O2. The fourth-order valence-electron chi connectivity index (χ4n) is 3.26. The number of fused-ring (bicyclic) bond motifs is 1. The molecule has 164 valence electrons. The van der Waals surface area contributed by atoms with Gasteiger partial charge in [0.2, 0.25) is 0 Å². The Bertz CT molecular complexity index is 1100. The number of benzene rings is 1. The van der Waals surface area contributed by atoms with E-state index in [9.17, 15) is 0 Å². The van der Waals surface area contributed by atoms with Crippen LogP contribution in [-0.2, 0) is 13.0 Å². The van der Waals surface area contributed by atoms with Gasteiger partial charge in [0.1, 0.15) is 16.9 Å². The van der Waals surface area contributed by atoms with Gasteiger partial charge in [0.15, 0.2) is 23.0 Å². The van der Waals surface area contributed by atoms with E-state index in [1.165, 1.54) is 0 Å². The van der Waals surface area contributed by atoms with Crippen molar-refractivity contribution >= 4 is 28.5 Å². The maximum absolute atomic E-state index is 6.35. The zero-order valence-electron chi connectivity index (χ0n) is 18.2. The predicted octanol–water partition coefficient (Wildman–Crippen LogP) is 4.19. The summed E-state index contributed by atoms with van der Waals surface area (Å²) in [6.07, 6.45) is 4.37. The molecule has 0 saturated heterocycles. The molecule has 7 nitrogen and oxygen atoms in total. The molecule has 0 fully saturated rings. The monoisotopic (exact) mass is 441 g/mol. The van der Waals surface area contributed by atoms with Gasteiger partial charge in [0, 0.05) is 18.7 Å². The summed E-state index contributed by atoms with van der Waals surface area (Å²) >= 11 is 5.77. The van der Waals surface area contributed by atoms with Crippen LogP contribution in [0.25, 0.3) is 11.0 Å². The highest BCUT2D eigenvalue weighted by Gasteiger charge is 2.17. The molecule has 0 spiro atoms. The van der Waals surface area contributed by atoms with Crippen LogP contribution in [0.15, 0.2) is 18.2 Å². The third-order valence-corrected chi connectivity index (χ3v) is 5.10. The number of aryl methyl sites for hydroxylation is 1. The number of nitrogens with two attached hydrogens (primary N) is 1. The molecule has 0 bridgehead atoms. The van der Waals surface area contributed by atoms with E-state index in [2.05, 4.69) is 23.7 Å². The van der Waals surface area contributed by atoms with E-state index in [0.717, 1.165) is 37.1 Å². The van der Waals surface area contributed by atoms with E-state index in [-0.39, 0.29) is 0 Å². The maximum Gasteiger partial charge on any atom is 0.161 e. The van der Waals surface area contributed by atoms with Crippen LogP contribution in [0.4, 0.5) is 5.82 Å². The van der Waals surface area contributed by atoms with E-state index < -0.39 is 0 Å². The zero-order chi connectivity index (χ0) is 22.2. The number of nitrogen functional groups attached to an aromatic ring is 1. The third-order valence-electron chi connectivity index (χ3n) is 4.84. The van der Waals surface area contributed by atoms with Gasteiger partial charge in [-0.25, -0.2) is 9.97 Å². The lowest BCUT2D eigenvalue weighted by molar-refractivity contribution is 0.354. The molecule has 3 rings (SSSR count). The molecule has 0 atom stereocenters. The summed E-state index contributed by atoms with van der Waals surface area (Å²) in [7, 11) is 3.23. The molecule has 0 aliphatic heterocycles. The van der Waals surface area contributed by atoms with Crippen LogP contribution in [0.2, 0.25) is 0 Å². The van der Waals surface area contributed by atoms with Gasteiger partial charge in [-0.2, -0.15) is 5.10 Å². The topological polar surface area (TPSA) is 88.1 Å². The van der Waals surface area contributed by atoms with Gasteiger partial charge < -0.3 is 15.2 Å². The van der Waals surface area contributed by atoms with Crippen molar-refractivity contribution in [2.75, 3.05) is 25.8 Å². The number of nitrogens with zero attached hydrogens (tertiary/aromatic N) is 4. The lowest BCUT2D eigenvalue weighted by Crippen LogP contribution is -2.07. The molecule has 2 aromatic heterocycles. The highest BCUT2D eigenvalue weighted by Crippen LogP contribution is 2.29. The van der Waals surface area contributed by atoms with Crippen molar-refractivity contribution in [3.63, 3.8) is 0 Å². The van der Waals surface area contributed by atoms with Crippen LogP contribution in [0.5, 0.6) is 11.5 Å². The maximum atomic E-state index is 6.35. The molecule has 3 aromatic rings. The summed E-state index contributed by atoms with van der Waals surface area (Å²) in [5.41, 5.74) is 9.33. The van der Waals surface area contributed by atoms with Gasteiger partial charge in [-0.15, -0.1) is 11.6 Å². The molecule has 0 saturated carbocycles. The molecule has 0 radical (unpaired) electrons. The Labute approximate surface area is 187 Å². The third kappa shape index (κ3) is 5.39. The van der Waals surface area contributed by atoms with Crippen molar-refractivity contribution in [3.8, 4) is 23.3 Å². The number of aromatic nitrogens is 4. The van der Waals surface area contributed by atoms with Crippen LogP contribution in [0.3, 0.4) is 0 Å². The standard InChI is InChI=1S/C23H28ClN5O2/c1-4-5-10-20-26-21-17(9-7-6-8-13-24)28-29(22(21)23(25)27-20)15-16-11-12-18(30-2)19(14-16)31-3/h11-12,14H,4-6,8,10,13,15H2,1-3H3,(H2,25,26,27). The number of anilines is 1. The summed E-state index contributed by atoms with van der Waals surface area (Å²) in [6, 6.07) is 5.76. The highest BCUT2D eigenvalue weighted by atomic mass is 35.5. The van der Waals surface area contributed by atoms with Crippen LogP contribution in [0, 0.1) is 11.8 Å². The highest BCUT2D eigenvalue weighted by molar-refractivity contribution is 6.17. The number of alkyl halides is 1. The smallest absolute Gasteiger partial charge is 0.161 e. The first-order valence-corrected chi connectivity index (χ1v) is 10.9. The second kappa shape index (κ2) is 10.9. The SMILES string of the molecule is CCCCc1nc(N)c2c(n1)c(C#CCCCCl)nn2Cc1ccc(OC)c(OC)c1. The summed E-state index contributed by atoms with van der Waals surface area (Å²) in [6.45, 7) is 2.61. The molecule has 8 heteroatoms. The first-order chi connectivity index (χ1) is 15.1. The van der Waals surface area contributed by atoms with Gasteiger partial charge in [-0.3, -0.25) is 4.68 Å². The Balaban J connectivity index is 2.04. The number of hydrogen-bond donors (Lipinski definition) is 1. The van der Waals surface area contributed by atoms with Crippen LogP contribution in [0.1, 0.15) is 49.7 Å². The van der Waals surface area contributed by atoms with E-state index in [1.807, 2.05) is 18.2 Å². The number of methoxy groups -OCH3 is 2. The average molecular weight is 442 g/mol. The van der Waals surface area contributed by atoms with Crippen molar-refractivity contribution in [3.05, 3.63) is 35.3 Å². The molecule has 0 amide bonds. The largest absolute Gasteiger partial charge is 0.493 e. The Hall–Kier alpha value is -2.98. The first-order valence-electron chi connectivity index (χ1n) is 10.4. The zero-order valence-corrected chi connectivity index (χ0v) is 19.0. The van der Waals surface area contributed by atoms with E-state index in [0.29, 0.717) is 52.9 Å². The molecular weight excluding hydrogens is 414 g/mol. The van der Waals surface area contributed by atoms with Gasteiger partial charge in [0.05, 0.1) is 20.8 Å². The molecule has 0 aliphatic carbocycles. The Morgan fingerprint density at radius 1 is 1.13 bits per heavy atom. The van der Waals surface area contributed by atoms with Crippen LogP contribution in [-0.4, -0.2) is 39.8 Å². The van der Waals surface area contributed by atoms with Gasteiger partial charge >= 0.3 is 0 Å². The van der Waals surface area contributed by atoms with Gasteiger partial charge in [0.25, 0.3) is 0 Å². The molecule has 0 unspecified atom stereocenters. The first kappa shape index (κ1) is 22.7. The number of hydrogen-bond acceptors (Lipinski definition) is 6. The summed E-state index contributed by atoms with van der Waals surface area (Å²) in [5.74, 6) is 9.34. The minimum atomic E-state index is 0.415. The van der Waals surface area contributed by atoms with Crippen LogP contribution < -0.4 is 15.2 Å². The van der Waals surface area contributed by atoms with Crippen LogP contribution >= 0.6 is 11.6 Å². The quantitative estimate of drug-likeness (QED) is 0.304. The second-order valence-electron chi connectivity index (χ2n) is 7.12. The van der Waals surface area contributed by atoms with Crippen molar-refractivity contribution in [1.29, 1.82) is 0 Å². The average Bonchev–Trinajstić information content (AvgIpc) is 3.12. The number of unbranched alkanes of at least 4 members (excludes halogenated alkanes) is 2. The number of rotatable bonds is 9. The molecule has 2 N–H and O–H groups in total.